The zero-order chi connectivity index (χ0) is 18.4. The highest BCUT2D eigenvalue weighted by atomic mass is 127. The summed E-state index contributed by atoms with van der Waals surface area (Å²) >= 11 is 7.36. The fraction of sp³-hybridized carbons (Fsp3) is 0.737. The Kier molecular flexibility index (Phi) is 10.1. The molecule has 3 N–H and O–H groups in total. The highest BCUT2D eigenvalue weighted by molar-refractivity contribution is 14.0. The number of hydrogen-bond acceptors (Lipinski definition) is 4. The molecule has 3 rings (SSSR count). The number of aliphatic imine (C=N–C) groups is 1. The van der Waals surface area contributed by atoms with Gasteiger partial charge in [0.1, 0.15) is 6.10 Å². The molecule has 2 aliphatic rings. The van der Waals surface area contributed by atoms with Crippen LogP contribution in [0, 0.1) is 0 Å². The highest BCUT2D eigenvalue weighted by Gasteiger charge is 2.27. The first-order valence-electron chi connectivity index (χ1n) is 9.88. The molecule has 0 radical (unpaired) electrons. The summed E-state index contributed by atoms with van der Waals surface area (Å²) in [4.78, 5) is 8.12. The van der Waals surface area contributed by atoms with Crippen LogP contribution in [0.3, 0.4) is 0 Å². The number of aliphatic hydroxyl groups excluding tert-OH is 1. The van der Waals surface area contributed by atoms with E-state index in [-0.39, 0.29) is 24.0 Å². The number of piperidine rings is 1. The van der Waals surface area contributed by atoms with Crippen molar-refractivity contribution < 1.29 is 5.11 Å². The monoisotopic (exact) mass is 526 g/mol. The van der Waals surface area contributed by atoms with Crippen molar-refractivity contribution in [1.82, 2.24) is 15.5 Å². The molecule has 1 unspecified atom stereocenters. The van der Waals surface area contributed by atoms with Crippen LogP contribution in [-0.2, 0) is 0 Å². The van der Waals surface area contributed by atoms with Crippen LogP contribution in [0.5, 0.6) is 0 Å². The van der Waals surface area contributed by atoms with Crippen LogP contribution in [0.25, 0.3) is 0 Å². The molecule has 8 heteroatoms. The third-order valence-electron chi connectivity index (χ3n) is 5.40. The number of likely N-dealkylation sites (tertiary alicyclic amines) is 1. The van der Waals surface area contributed by atoms with Crippen molar-refractivity contribution in [2.45, 2.75) is 63.6 Å². The van der Waals surface area contributed by atoms with E-state index in [9.17, 15) is 5.11 Å². The lowest BCUT2D eigenvalue weighted by molar-refractivity contribution is 0.150. The van der Waals surface area contributed by atoms with Crippen LogP contribution in [0.1, 0.15) is 56.4 Å². The van der Waals surface area contributed by atoms with Crippen LogP contribution < -0.4 is 10.6 Å². The Morgan fingerprint density at radius 3 is 2.59 bits per heavy atom. The van der Waals surface area contributed by atoms with Gasteiger partial charge in [0.15, 0.2) is 5.96 Å². The molecule has 1 aromatic rings. The summed E-state index contributed by atoms with van der Waals surface area (Å²) in [7, 11) is 0. The van der Waals surface area contributed by atoms with Gasteiger partial charge in [0, 0.05) is 36.6 Å². The van der Waals surface area contributed by atoms with E-state index in [1.165, 1.54) is 50.1 Å². The molecule has 1 aliphatic carbocycles. The van der Waals surface area contributed by atoms with Crippen LogP contribution >= 0.6 is 46.9 Å². The van der Waals surface area contributed by atoms with Crippen LogP contribution in [0.15, 0.2) is 17.1 Å². The maximum Gasteiger partial charge on any atom is 0.191 e. The summed E-state index contributed by atoms with van der Waals surface area (Å²) in [5.74, 6) is 0.800. The van der Waals surface area contributed by atoms with E-state index in [4.69, 9.17) is 11.6 Å². The van der Waals surface area contributed by atoms with Crippen molar-refractivity contribution in [3.8, 4) is 0 Å². The molecule has 1 aromatic heterocycles. The topological polar surface area (TPSA) is 59.9 Å². The number of thiophene rings is 1. The van der Waals surface area contributed by atoms with Gasteiger partial charge in [0.25, 0.3) is 0 Å². The van der Waals surface area contributed by atoms with E-state index >= 15 is 0 Å². The molecule has 27 heavy (non-hydrogen) atoms. The van der Waals surface area contributed by atoms with Gasteiger partial charge in [-0.2, -0.15) is 0 Å². The Balaban J connectivity index is 0.00000261. The minimum atomic E-state index is -0.604. The first-order valence-corrected chi connectivity index (χ1v) is 11.1. The predicted molar refractivity (Wildman–Crippen MR) is 126 cm³/mol. The third-order valence-corrected chi connectivity index (χ3v) is 6.73. The molecule has 0 bridgehead atoms. The number of halogens is 2. The third kappa shape index (κ3) is 7.03. The minimum Gasteiger partial charge on any atom is -0.386 e. The van der Waals surface area contributed by atoms with Gasteiger partial charge in [0.05, 0.1) is 10.9 Å². The highest BCUT2D eigenvalue weighted by Crippen LogP contribution is 2.27. The summed E-state index contributed by atoms with van der Waals surface area (Å²) in [5.41, 5.74) is 0. The number of aliphatic hydroxyl groups is 1. The lowest BCUT2D eigenvalue weighted by Crippen LogP contribution is -2.50. The molecular formula is C19H32ClIN4OS. The van der Waals surface area contributed by atoms with Crippen LogP contribution in [0.4, 0.5) is 0 Å². The fourth-order valence-electron chi connectivity index (χ4n) is 3.97. The lowest BCUT2D eigenvalue weighted by Gasteiger charge is -2.36. The Morgan fingerprint density at radius 1 is 1.30 bits per heavy atom. The first-order chi connectivity index (χ1) is 12.7. The van der Waals surface area contributed by atoms with Gasteiger partial charge in [-0.05, 0) is 44.7 Å². The smallest absolute Gasteiger partial charge is 0.191 e. The van der Waals surface area contributed by atoms with E-state index < -0.39 is 6.10 Å². The average molecular weight is 527 g/mol. The maximum atomic E-state index is 10.3. The normalized spacial score (nSPS) is 21.1. The Labute approximate surface area is 189 Å². The largest absolute Gasteiger partial charge is 0.386 e. The van der Waals surface area contributed by atoms with Gasteiger partial charge < -0.3 is 20.6 Å². The second kappa shape index (κ2) is 11.8. The molecule has 2 heterocycles. The van der Waals surface area contributed by atoms with E-state index in [0.29, 0.717) is 16.9 Å². The standard InChI is InChI=1S/C19H31ClN4OS.HI/c1-2-21-19(22-13-16(25)17-7-8-18(20)26-17)23-14-9-11-24(12-10-14)15-5-3-4-6-15;/h7-8,14-16,25H,2-6,9-13H2,1H3,(H2,21,22,23);1H. The average Bonchev–Trinajstić information content (AvgIpc) is 3.32. The van der Waals surface area contributed by atoms with Gasteiger partial charge in [-0.25, -0.2) is 0 Å². The molecular weight excluding hydrogens is 495 g/mol. The second-order valence-electron chi connectivity index (χ2n) is 7.27. The summed E-state index contributed by atoms with van der Waals surface area (Å²) < 4.78 is 0.696. The molecule has 2 fully saturated rings. The molecule has 5 nitrogen and oxygen atoms in total. The number of guanidine groups is 1. The molecule has 0 aromatic carbocycles. The second-order valence-corrected chi connectivity index (χ2v) is 9.02. The van der Waals surface area contributed by atoms with E-state index in [1.54, 1.807) is 0 Å². The van der Waals surface area contributed by atoms with Crippen molar-refractivity contribution >= 4 is 52.9 Å². The SMILES string of the molecule is CCNC(=NCC(O)c1ccc(Cl)s1)NC1CCN(C2CCCC2)CC1.I. The lowest BCUT2D eigenvalue weighted by atomic mass is 10.0. The predicted octanol–water partition coefficient (Wildman–Crippen LogP) is 4.02. The summed E-state index contributed by atoms with van der Waals surface area (Å²) in [6.45, 7) is 5.58. The van der Waals surface area contributed by atoms with Gasteiger partial charge >= 0.3 is 0 Å². The maximum absolute atomic E-state index is 10.3. The van der Waals surface area contributed by atoms with Crippen molar-refractivity contribution in [1.29, 1.82) is 0 Å². The first kappa shape index (κ1) is 23.2. The Bertz CT molecular complexity index is 586. The Morgan fingerprint density at radius 2 is 2.00 bits per heavy atom. The van der Waals surface area contributed by atoms with E-state index in [2.05, 4.69) is 27.4 Å². The number of rotatable bonds is 6. The quantitative estimate of drug-likeness (QED) is 0.298. The number of hydrogen-bond donors (Lipinski definition) is 3. The molecule has 1 saturated heterocycles. The number of nitrogens with one attached hydrogen (secondary N) is 2. The molecule has 0 amide bonds. The van der Waals surface area contributed by atoms with Crippen LogP contribution in [-0.4, -0.2) is 54.2 Å². The van der Waals surface area contributed by atoms with E-state index in [0.717, 1.165) is 36.3 Å². The minimum absolute atomic E-state index is 0. The van der Waals surface area contributed by atoms with Gasteiger partial charge in [-0.3, -0.25) is 4.99 Å². The summed E-state index contributed by atoms with van der Waals surface area (Å²) in [6.07, 6.45) is 7.27. The zero-order valence-electron chi connectivity index (χ0n) is 16.0. The van der Waals surface area contributed by atoms with Crippen molar-refractivity contribution in [3.05, 3.63) is 21.3 Å². The van der Waals surface area contributed by atoms with Gasteiger partial charge in [-0.1, -0.05) is 24.4 Å². The van der Waals surface area contributed by atoms with Gasteiger partial charge in [-0.15, -0.1) is 35.3 Å². The molecule has 0 spiro atoms. The summed E-state index contributed by atoms with van der Waals surface area (Å²) in [5, 5.41) is 17.2. The summed E-state index contributed by atoms with van der Waals surface area (Å²) in [6, 6.07) is 4.96. The van der Waals surface area contributed by atoms with Crippen molar-refractivity contribution in [3.63, 3.8) is 0 Å². The molecule has 1 aliphatic heterocycles. The van der Waals surface area contributed by atoms with Crippen molar-refractivity contribution in [2.24, 2.45) is 4.99 Å². The zero-order valence-corrected chi connectivity index (χ0v) is 19.9. The van der Waals surface area contributed by atoms with E-state index in [1.807, 2.05) is 12.1 Å². The van der Waals surface area contributed by atoms with Crippen molar-refractivity contribution in [2.75, 3.05) is 26.2 Å². The molecule has 154 valence electrons. The van der Waals surface area contributed by atoms with Gasteiger partial charge in [0.2, 0.25) is 0 Å². The molecule has 1 atom stereocenters. The Hall–Kier alpha value is -0.0900. The number of nitrogens with zero attached hydrogens (tertiary/aromatic N) is 2. The van der Waals surface area contributed by atoms with Crippen LogP contribution in [0.2, 0.25) is 4.34 Å². The molecule has 1 saturated carbocycles. The fourth-order valence-corrected chi connectivity index (χ4v) is 5.00.